The highest BCUT2D eigenvalue weighted by Gasteiger charge is 2.57. The molecule has 0 amide bonds. The molecule has 2 aliphatic rings. The molecule has 0 unspecified atom stereocenters. The summed E-state index contributed by atoms with van der Waals surface area (Å²) in [5, 5.41) is 21.2. The van der Waals surface area contributed by atoms with Gasteiger partial charge in [0.05, 0.1) is 6.61 Å². The maximum Gasteiger partial charge on any atom is 0.417 e. The SMILES string of the molecule is C=Cc1ccc(CO[C@H]([C@H]2O[C@@H]3SC(N(C)C)=N[C@@H]3[C@@H](O)[C@@H]2O)C(F)(F)F)cc1. The van der Waals surface area contributed by atoms with Gasteiger partial charge in [0.1, 0.15) is 29.8 Å². The van der Waals surface area contributed by atoms with E-state index in [2.05, 4.69) is 11.6 Å². The van der Waals surface area contributed by atoms with Crippen LogP contribution in [0.4, 0.5) is 13.2 Å². The fraction of sp³-hybridized carbons (Fsp3) is 0.526. The lowest BCUT2D eigenvalue weighted by Crippen LogP contribution is -2.61. The van der Waals surface area contributed by atoms with Gasteiger partial charge in [0.25, 0.3) is 0 Å². The van der Waals surface area contributed by atoms with Crippen molar-refractivity contribution in [2.75, 3.05) is 14.1 Å². The van der Waals surface area contributed by atoms with E-state index >= 15 is 0 Å². The maximum atomic E-state index is 13.7. The number of aliphatic hydroxyl groups excluding tert-OH is 2. The number of thioether (sulfide) groups is 1. The summed E-state index contributed by atoms with van der Waals surface area (Å²) >= 11 is 1.11. The van der Waals surface area contributed by atoms with Crippen LogP contribution in [0.1, 0.15) is 11.1 Å². The Morgan fingerprint density at radius 3 is 2.48 bits per heavy atom. The Morgan fingerprint density at radius 1 is 1.28 bits per heavy atom. The zero-order chi connectivity index (χ0) is 21.3. The number of aliphatic imine (C=N–C) groups is 1. The number of halogens is 3. The Bertz CT molecular complexity index is 757. The quantitative estimate of drug-likeness (QED) is 0.744. The van der Waals surface area contributed by atoms with E-state index in [1.165, 1.54) is 0 Å². The second-order valence-corrected chi connectivity index (χ2v) is 8.15. The predicted molar refractivity (Wildman–Crippen MR) is 104 cm³/mol. The number of alkyl halides is 3. The van der Waals surface area contributed by atoms with Crippen LogP contribution >= 0.6 is 11.8 Å². The van der Waals surface area contributed by atoms with Gasteiger partial charge in [-0.05, 0) is 11.1 Å². The molecule has 1 saturated heterocycles. The first-order chi connectivity index (χ1) is 13.6. The molecular weight excluding hydrogens is 409 g/mol. The Balaban J connectivity index is 1.75. The van der Waals surface area contributed by atoms with E-state index in [-0.39, 0.29) is 6.61 Å². The Morgan fingerprint density at radius 2 is 1.93 bits per heavy atom. The third-order valence-corrected chi connectivity index (χ3v) is 6.04. The summed E-state index contributed by atoms with van der Waals surface area (Å²) < 4.78 is 51.8. The molecule has 160 valence electrons. The number of aliphatic hydroxyl groups is 2. The van der Waals surface area contributed by atoms with Crippen molar-refractivity contribution in [1.29, 1.82) is 0 Å². The van der Waals surface area contributed by atoms with E-state index < -0.39 is 42.1 Å². The summed E-state index contributed by atoms with van der Waals surface area (Å²) in [5.74, 6) is 0. The van der Waals surface area contributed by atoms with Crippen LogP contribution in [0.25, 0.3) is 6.08 Å². The number of rotatable bonds is 5. The molecule has 0 saturated carbocycles. The lowest BCUT2D eigenvalue weighted by atomic mass is 9.94. The van der Waals surface area contributed by atoms with Crippen LogP contribution in [0.2, 0.25) is 0 Å². The molecule has 0 bridgehead atoms. The number of nitrogens with zero attached hydrogens (tertiary/aromatic N) is 2. The van der Waals surface area contributed by atoms with Gasteiger partial charge >= 0.3 is 6.18 Å². The molecule has 6 nitrogen and oxygen atoms in total. The minimum atomic E-state index is -4.80. The van der Waals surface area contributed by atoms with Crippen LogP contribution in [-0.4, -0.2) is 76.4 Å². The molecule has 1 aromatic carbocycles. The van der Waals surface area contributed by atoms with Gasteiger partial charge in [-0.2, -0.15) is 13.2 Å². The average Bonchev–Trinajstić information content (AvgIpc) is 3.10. The third kappa shape index (κ3) is 4.77. The minimum Gasteiger partial charge on any atom is -0.388 e. The summed E-state index contributed by atoms with van der Waals surface area (Å²) in [6.45, 7) is 3.30. The minimum absolute atomic E-state index is 0.328. The molecule has 29 heavy (non-hydrogen) atoms. The smallest absolute Gasteiger partial charge is 0.388 e. The van der Waals surface area contributed by atoms with Crippen molar-refractivity contribution >= 4 is 23.0 Å². The van der Waals surface area contributed by atoms with Crippen molar-refractivity contribution in [1.82, 2.24) is 4.90 Å². The Kier molecular flexibility index (Phi) is 6.59. The average molecular weight is 432 g/mol. The molecule has 3 rings (SSSR count). The molecule has 1 aromatic rings. The topological polar surface area (TPSA) is 74.5 Å². The monoisotopic (exact) mass is 432 g/mol. The summed E-state index contributed by atoms with van der Waals surface area (Å²) in [4.78, 5) is 5.92. The number of benzene rings is 1. The fourth-order valence-electron chi connectivity index (χ4n) is 3.15. The van der Waals surface area contributed by atoms with E-state index in [1.807, 2.05) is 0 Å². The largest absolute Gasteiger partial charge is 0.417 e. The molecule has 6 atom stereocenters. The molecule has 10 heteroatoms. The molecule has 2 aliphatic heterocycles. The molecule has 2 N–H and O–H groups in total. The van der Waals surface area contributed by atoms with Crippen molar-refractivity contribution in [3.05, 3.63) is 42.0 Å². The van der Waals surface area contributed by atoms with Gasteiger partial charge in [0, 0.05) is 14.1 Å². The van der Waals surface area contributed by atoms with Crippen LogP contribution in [0.15, 0.2) is 35.8 Å². The zero-order valence-electron chi connectivity index (χ0n) is 15.9. The lowest BCUT2D eigenvalue weighted by molar-refractivity contribution is -0.286. The van der Waals surface area contributed by atoms with Crippen LogP contribution in [0.5, 0.6) is 0 Å². The Labute approximate surface area is 171 Å². The second-order valence-electron chi connectivity index (χ2n) is 7.08. The van der Waals surface area contributed by atoms with Gasteiger partial charge in [-0.1, -0.05) is 48.7 Å². The molecule has 1 fully saturated rings. The summed E-state index contributed by atoms with van der Waals surface area (Å²) in [5.41, 5.74) is 0.523. The second kappa shape index (κ2) is 8.65. The first-order valence-electron chi connectivity index (χ1n) is 8.95. The van der Waals surface area contributed by atoms with E-state index in [4.69, 9.17) is 9.47 Å². The van der Waals surface area contributed by atoms with Crippen LogP contribution < -0.4 is 0 Å². The van der Waals surface area contributed by atoms with Crippen LogP contribution in [-0.2, 0) is 16.1 Å². The standard InChI is InChI=1S/C19H23F3N2O4S/c1-4-10-5-7-11(8-6-10)9-27-16(19(20,21)22)15-14(26)13(25)12-17(28-15)29-18(23-12)24(2)3/h4-8,12-17,25-26H,1,9H2,2-3H3/t12-,13-,14+,15+,16-,17-/m1/s1. The number of amidine groups is 1. The van der Waals surface area contributed by atoms with E-state index in [0.717, 1.165) is 17.3 Å². The molecule has 0 spiro atoms. The molecule has 2 heterocycles. The maximum absolute atomic E-state index is 13.7. The van der Waals surface area contributed by atoms with E-state index in [0.29, 0.717) is 10.7 Å². The summed E-state index contributed by atoms with van der Waals surface area (Å²) in [6, 6.07) is 5.85. The highest BCUT2D eigenvalue weighted by Crippen LogP contribution is 2.41. The van der Waals surface area contributed by atoms with Crippen LogP contribution in [0.3, 0.4) is 0 Å². The van der Waals surface area contributed by atoms with Gasteiger partial charge in [0.15, 0.2) is 11.3 Å². The van der Waals surface area contributed by atoms with Crippen molar-refractivity contribution in [3.8, 4) is 0 Å². The third-order valence-electron chi connectivity index (χ3n) is 4.74. The summed E-state index contributed by atoms with van der Waals surface area (Å²) in [6.07, 6.45) is -10.6. The van der Waals surface area contributed by atoms with E-state index in [9.17, 15) is 23.4 Å². The molecule has 0 aromatic heterocycles. The number of fused-ring (bicyclic) bond motifs is 1. The number of hydrogen-bond acceptors (Lipinski definition) is 7. The first kappa shape index (κ1) is 22.1. The van der Waals surface area contributed by atoms with Gasteiger partial charge in [-0.15, -0.1) is 0 Å². The highest BCUT2D eigenvalue weighted by molar-refractivity contribution is 8.14. The molecular formula is C19H23F3N2O4S. The number of hydrogen-bond donors (Lipinski definition) is 2. The van der Waals surface area contributed by atoms with Crippen molar-refractivity contribution in [3.63, 3.8) is 0 Å². The fourth-order valence-corrected chi connectivity index (χ4v) is 4.30. The van der Waals surface area contributed by atoms with Gasteiger partial charge < -0.3 is 24.6 Å². The Hall–Kier alpha value is -1.59. The highest BCUT2D eigenvalue weighted by atomic mass is 32.2. The normalized spacial score (nSPS) is 30.4. The van der Waals surface area contributed by atoms with Gasteiger partial charge in [-0.3, -0.25) is 4.99 Å². The molecule has 0 aliphatic carbocycles. The van der Waals surface area contributed by atoms with Gasteiger partial charge in [-0.25, -0.2) is 0 Å². The first-order valence-corrected chi connectivity index (χ1v) is 9.83. The summed E-state index contributed by atoms with van der Waals surface area (Å²) in [7, 11) is 3.45. The number of ether oxygens (including phenoxy) is 2. The predicted octanol–water partition coefficient (Wildman–Crippen LogP) is 2.26. The molecule has 0 radical (unpaired) electrons. The lowest BCUT2D eigenvalue weighted by Gasteiger charge is -2.41. The van der Waals surface area contributed by atoms with Crippen LogP contribution in [0, 0.1) is 0 Å². The van der Waals surface area contributed by atoms with Crippen molar-refractivity contribution in [2.45, 2.75) is 48.7 Å². The van der Waals surface area contributed by atoms with Crippen molar-refractivity contribution < 1.29 is 32.9 Å². The van der Waals surface area contributed by atoms with Crippen molar-refractivity contribution in [2.24, 2.45) is 4.99 Å². The van der Waals surface area contributed by atoms with E-state index in [1.54, 1.807) is 49.3 Å². The van der Waals surface area contributed by atoms with Gasteiger partial charge in [0.2, 0.25) is 0 Å². The zero-order valence-corrected chi connectivity index (χ0v) is 16.7.